The highest BCUT2D eigenvalue weighted by atomic mass is 28.3. The lowest BCUT2D eigenvalue weighted by atomic mass is 10.1. The van der Waals surface area contributed by atoms with E-state index >= 15 is 0 Å². The highest BCUT2D eigenvalue weighted by molar-refractivity contribution is 7.19. The Hall–Kier alpha value is -3.89. The van der Waals surface area contributed by atoms with Crippen molar-refractivity contribution in [2.45, 2.75) is 0 Å². The lowest BCUT2D eigenvalue weighted by molar-refractivity contribution is 0.585. The van der Waals surface area contributed by atoms with Crippen molar-refractivity contribution in [3.05, 3.63) is 139 Å². The van der Waals surface area contributed by atoms with Crippen LogP contribution in [0.2, 0.25) is 0 Å². The van der Waals surface area contributed by atoms with Crippen LogP contribution in [-0.4, -0.2) is 13.1 Å². The van der Waals surface area contributed by atoms with Crippen LogP contribution >= 0.6 is 0 Å². The Morgan fingerprint density at radius 2 is 1.03 bits per heavy atom. The van der Waals surface area contributed by atoms with Gasteiger partial charge in [0.2, 0.25) is 0 Å². The molecule has 0 unspecified atom stereocenters. The third-order valence-corrected chi connectivity index (χ3v) is 10.8. The zero-order chi connectivity index (χ0) is 22.7. The molecule has 4 heteroatoms. The van der Waals surface area contributed by atoms with Crippen molar-refractivity contribution in [2.75, 3.05) is 0 Å². The molecule has 1 nitrogen and oxygen atoms in total. The van der Waals surface area contributed by atoms with E-state index in [0.29, 0.717) is 5.69 Å². The number of rotatable bonds is 5. The van der Waals surface area contributed by atoms with Gasteiger partial charge in [-0.15, -0.1) is 0 Å². The maximum atomic E-state index is 14.4. The van der Waals surface area contributed by atoms with Crippen LogP contribution in [0.3, 0.4) is 0 Å². The Balaban J connectivity index is 1.76. The van der Waals surface area contributed by atoms with Gasteiger partial charge in [-0.25, -0.2) is 8.78 Å². The van der Waals surface area contributed by atoms with E-state index in [-0.39, 0.29) is 5.56 Å². The first-order valence-corrected chi connectivity index (χ1v) is 12.8. The third-order valence-electron chi connectivity index (χ3n) is 6.02. The molecular weight excluding hydrogens is 428 g/mol. The van der Waals surface area contributed by atoms with Crippen LogP contribution < -0.4 is 20.7 Å². The minimum Gasteiger partial charge on any atom is -0.256 e. The zero-order valence-corrected chi connectivity index (χ0v) is 18.8. The highest BCUT2D eigenvalue weighted by Gasteiger charge is 2.41. The summed E-state index contributed by atoms with van der Waals surface area (Å²) in [5.74, 6) is -1.22. The summed E-state index contributed by atoms with van der Waals surface area (Å²) in [5, 5.41) is 4.82. The predicted octanol–water partition coefficient (Wildman–Crippen LogP) is 4.40. The van der Waals surface area contributed by atoms with Crippen molar-refractivity contribution >= 4 is 28.8 Å². The Bertz CT molecular complexity index is 1260. The maximum Gasteiger partial charge on any atom is 0.181 e. The van der Waals surface area contributed by atoms with Crippen molar-refractivity contribution in [2.24, 2.45) is 0 Å². The Morgan fingerprint density at radius 1 is 0.515 bits per heavy atom. The molecule has 0 amide bonds. The first kappa shape index (κ1) is 21.0. The van der Waals surface area contributed by atoms with E-state index in [1.165, 1.54) is 27.7 Å². The molecule has 33 heavy (non-hydrogen) atoms. The number of benzene rings is 4. The number of pyridine rings is 1. The van der Waals surface area contributed by atoms with Crippen molar-refractivity contribution in [1.29, 1.82) is 0 Å². The van der Waals surface area contributed by atoms with Crippen molar-refractivity contribution in [3.8, 4) is 11.3 Å². The lowest BCUT2D eigenvalue weighted by Crippen LogP contribution is -2.74. The molecule has 0 radical (unpaired) electrons. The molecule has 0 aliphatic carbocycles. The number of hydrogen-bond acceptors (Lipinski definition) is 1. The minimum atomic E-state index is -2.66. The second-order valence-electron chi connectivity index (χ2n) is 7.90. The number of nitrogens with zero attached hydrogens (tertiary/aromatic N) is 1. The summed E-state index contributed by atoms with van der Waals surface area (Å²) in [6.07, 6.45) is 1.86. The second kappa shape index (κ2) is 8.92. The normalized spacial score (nSPS) is 11.3. The Labute approximate surface area is 193 Å². The molecule has 5 aromatic rings. The molecule has 0 bridgehead atoms. The second-order valence-corrected chi connectivity index (χ2v) is 11.7. The van der Waals surface area contributed by atoms with Gasteiger partial charge in [-0.05, 0) is 38.9 Å². The van der Waals surface area contributed by atoms with E-state index < -0.39 is 19.7 Å². The van der Waals surface area contributed by atoms with E-state index in [1.54, 1.807) is 0 Å². The van der Waals surface area contributed by atoms with Gasteiger partial charge in [0.25, 0.3) is 0 Å². The van der Waals surface area contributed by atoms with E-state index in [1.807, 2.05) is 36.5 Å². The molecule has 5 rings (SSSR count). The summed E-state index contributed by atoms with van der Waals surface area (Å²) in [5.41, 5.74) is 0.766. The van der Waals surface area contributed by atoms with E-state index in [4.69, 9.17) is 0 Å². The quantitative estimate of drug-likeness (QED) is 0.286. The summed E-state index contributed by atoms with van der Waals surface area (Å²) in [6.45, 7) is 0. The van der Waals surface area contributed by atoms with Crippen LogP contribution in [-0.2, 0) is 0 Å². The van der Waals surface area contributed by atoms with Crippen LogP contribution in [0, 0.1) is 11.6 Å². The highest BCUT2D eigenvalue weighted by Crippen LogP contribution is 2.21. The summed E-state index contributed by atoms with van der Waals surface area (Å²) >= 11 is 0. The molecule has 0 saturated carbocycles. The third kappa shape index (κ3) is 3.79. The van der Waals surface area contributed by atoms with Crippen molar-refractivity contribution in [1.82, 2.24) is 4.98 Å². The number of hydrogen-bond donors (Lipinski definition) is 0. The average molecular weight is 450 g/mol. The molecule has 0 atom stereocenters. The number of aromatic nitrogens is 1. The van der Waals surface area contributed by atoms with Gasteiger partial charge in [0, 0.05) is 17.8 Å². The molecule has 4 aromatic carbocycles. The molecule has 0 spiro atoms. The largest absolute Gasteiger partial charge is 0.256 e. The molecule has 0 aliphatic heterocycles. The fourth-order valence-electron chi connectivity index (χ4n) is 4.54. The fraction of sp³-hybridized carbons (Fsp3) is 0. The number of halogens is 2. The van der Waals surface area contributed by atoms with E-state index in [2.05, 4.69) is 77.8 Å². The maximum absolute atomic E-state index is 14.4. The first-order valence-electron chi connectivity index (χ1n) is 10.8. The van der Waals surface area contributed by atoms with Gasteiger partial charge in [0.05, 0.1) is 5.69 Å². The van der Waals surface area contributed by atoms with E-state index in [9.17, 15) is 8.78 Å². The minimum absolute atomic E-state index is 0.286. The van der Waals surface area contributed by atoms with E-state index in [0.717, 1.165) is 11.3 Å². The van der Waals surface area contributed by atoms with Gasteiger partial charge in [0.1, 0.15) is 11.6 Å². The average Bonchev–Trinajstić information content (AvgIpc) is 2.87. The van der Waals surface area contributed by atoms with Crippen LogP contribution in [0.1, 0.15) is 0 Å². The van der Waals surface area contributed by atoms with Crippen LogP contribution in [0.25, 0.3) is 11.3 Å². The van der Waals surface area contributed by atoms with Crippen LogP contribution in [0.5, 0.6) is 0 Å². The monoisotopic (exact) mass is 449 g/mol. The van der Waals surface area contributed by atoms with Gasteiger partial charge < -0.3 is 0 Å². The molecule has 0 N–H and O–H groups in total. The molecule has 160 valence electrons. The van der Waals surface area contributed by atoms with Crippen molar-refractivity contribution < 1.29 is 8.78 Å². The standard InChI is InChI=1S/C29H21F2NSi/c30-22-16-18-27(28(31)20-22)29-19-17-26(21-32-29)33(23-10-4-1-5-11-23,24-12-6-2-7-13-24)25-14-8-3-9-15-25/h1-21H. The lowest BCUT2D eigenvalue weighted by Gasteiger charge is -2.34. The summed E-state index contributed by atoms with van der Waals surface area (Å²) in [6, 6.07) is 39.0. The SMILES string of the molecule is Fc1ccc(-c2ccc([Si](c3ccccc3)(c3ccccc3)c3ccccc3)cn2)c(F)c1. The van der Waals surface area contributed by atoms with Gasteiger partial charge in [-0.2, -0.15) is 0 Å². The van der Waals surface area contributed by atoms with Crippen molar-refractivity contribution in [3.63, 3.8) is 0 Å². The molecule has 1 heterocycles. The Kier molecular flexibility index (Phi) is 5.67. The Morgan fingerprint density at radius 3 is 1.45 bits per heavy atom. The van der Waals surface area contributed by atoms with Crippen LogP contribution in [0.4, 0.5) is 8.78 Å². The molecule has 1 aromatic heterocycles. The molecule has 0 aliphatic rings. The van der Waals surface area contributed by atoms with Gasteiger partial charge in [0.15, 0.2) is 8.07 Å². The predicted molar refractivity (Wildman–Crippen MR) is 133 cm³/mol. The topological polar surface area (TPSA) is 12.9 Å². The fourth-order valence-corrected chi connectivity index (χ4v) is 9.21. The van der Waals surface area contributed by atoms with Gasteiger partial charge >= 0.3 is 0 Å². The molecular formula is C29H21F2NSi. The van der Waals surface area contributed by atoms with Gasteiger partial charge in [-0.1, -0.05) is 97.1 Å². The first-order chi connectivity index (χ1) is 16.2. The summed E-state index contributed by atoms with van der Waals surface area (Å²) in [4.78, 5) is 4.65. The summed E-state index contributed by atoms with van der Waals surface area (Å²) < 4.78 is 27.8. The van der Waals surface area contributed by atoms with Gasteiger partial charge in [-0.3, -0.25) is 4.98 Å². The zero-order valence-electron chi connectivity index (χ0n) is 17.8. The van der Waals surface area contributed by atoms with Crippen LogP contribution in [0.15, 0.2) is 128 Å². The smallest absolute Gasteiger partial charge is 0.181 e. The summed E-state index contributed by atoms with van der Waals surface area (Å²) in [7, 11) is -2.66. The molecule has 0 saturated heterocycles. The molecule has 0 fully saturated rings.